The molecule has 0 unspecified atom stereocenters. The van der Waals surface area contributed by atoms with Crippen LogP contribution in [0.15, 0.2) is 30.3 Å². The van der Waals surface area contributed by atoms with Gasteiger partial charge in [-0.05, 0) is 35.4 Å². The maximum atomic E-state index is 10.9. The second-order valence-electron chi connectivity index (χ2n) is 2.91. The van der Waals surface area contributed by atoms with Gasteiger partial charge in [0.15, 0.2) is 0 Å². The summed E-state index contributed by atoms with van der Waals surface area (Å²) in [6, 6.07) is 7.14. The summed E-state index contributed by atoms with van der Waals surface area (Å²) in [4.78, 5) is 21.4. The predicted octanol–water partition coefficient (Wildman–Crippen LogP) is 2.42. The predicted molar refractivity (Wildman–Crippen MR) is 60.6 cm³/mol. The van der Waals surface area contributed by atoms with Crippen LogP contribution in [0.3, 0.4) is 0 Å². The summed E-state index contributed by atoms with van der Waals surface area (Å²) >= 11 is 5.17. The lowest BCUT2D eigenvalue weighted by molar-refractivity contribution is -0.114. The van der Waals surface area contributed by atoms with Crippen molar-refractivity contribution in [1.82, 2.24) is 0 Å². The molecule has 0 saturated carbocycles. The van der Waals surface area contributed by atoms with Gasteiger partial charge in [-0.1, -0.05) is 18.2 Å². The molecule has 0 aliphatic rings. The summed E-state index contributed by atoms with van der Waals surface area (Å²) in [6.07, 6.45) is 2.79. The molecule has 0 aromatic heterocycles. The van der Waals surface area contributed by atoms with Crippen molar-refractivity contribution in [2.45, 2.75) is 6.92 Å². The van der Waals surface area contributed by atoms with Crippen molar-refractivity contribution in [1.29, 1.82) is 0 Å². The topological polar surface area (TPSA) is 46.2 Å². The van der Waals surface area contributed by atoms with Gasteiger partial charge in [-0.3, -0.25) is 9.59 Å². The maximum Gasteiger partial charge on any atom is 0.245 e. The smallest absolute Gasteiger partial charge is 0.245 e. The maximum absolute atomic E-state index is 10.9. The SMILES string of the molecule is CC(=O)Nc1ccccc1C=CC(=O)Cl. The highest BCUT2D eigenvalue weighted by Gasteiger charge is 1.99. The average molecular weight is 224 g/mol. The third-order valence-electron chi connectivity index (χ3n) is 1.67. The molecule has 15 heavy (non-hydrogen) atoms. The summed E-state index contributed by atoms with van der Waals surface area (Å²) in [7, 11) is 0. The minimum Gasteiger partial charge on any atom is -0.326 e. The lowest BCUT2D eigenvalue weighted by Crippen LogP contribution is -2.06. The molecule has 0 aliphatic heterocycles. The largest absolute Gasteiger partial charge is 0.326 e. The van der Waals surface area contributed by atoms with Crippen molar-refractivity contribution in [2.75, 3.05) is 5.32 Å². The zero-order valence-electron chi connectivity index (χ0n) is 8.16. The Balaban J connectivity index is 2.95. The molecule has 1 rings (SSSR count). The monoisotopic (exact) mass is 223 g/mol. The van der Waals surface area contributed by atoms with E-state index in [0.29, 0.717) is 5.69 Å². The van der Waals surface area contributed by atoms with Crippen LogP contribution in [0.2, 0.25) is 0 Å². The minimum absolute atomic E-state index is 0.159. The molecule has 0 radical (unpaired) electrons. The van der Waals surface area contributed by atoms with Crippen molar-refractivity contribution < 1.29 is 9.59 Å². The highest BCUT2D eigenvalue weighted by molar-refractivity contribution is 6.66. The Labute approximate surface area is 92.7 Å². The van der Waals surface area contributed by atoms with Crippen LogP contribution in [-0.2, 0) is 9.59 Å². The summed E-state index contributed by atoms with van der Waals surface area (Å²) in [5.74, 6) is -0.159. The van der Waals surface area contributed by atoms with Crippen molar-refractivity contribution in [3.05, 3.63) is 35.9 Å². The summed E-state index contributed by atoms with van der Waals surface area (Å²) in [5, 5.41) is 2.10. The molecule has 78 valence electrons. The molecule has 1 aromatic rings. The molecular formula is C11H10ClNO2. The van der Waals surface area contributed by atoms with Crippen molar-refractivity contribution in [2.24, 2.45) is 0 Å². The van der Waals surface area contributed by atoms with Crippen molar-refractivity contribution in [3.8, 4) is 0 Å². The second-order valence-corrected chi connectivity index (χ2v) is 3.28. The first-order valence-corrected chi connectivity index (χ1v) is 4.71. The zero-order valence-corrected chi connectivity index (χ0v) is 8.91. The molecule has 1 amide bonds. The molecule has 0 atom stereocenters. The van der Waals surface area contributed by atoms with E-state index in [1.54, 1.807) is 24.3 Å². The van der Waals surface area contributed by atoms with E-state index in [1.807, 2.05) is 6.07 Å². The van der Waals surface area contributed by atoms with Gasteiger partial charge in [0.05, 0.1) is 0 Å². The van der Waals surface area contributed by atoms with E-state index in [-0.39, 0.29) is 5.91 Å². The van der Waals surface area contributed by atoms with E-state index in [2.05, 4.69) is 5.32 Å². The molecule has 1 aromatic carbocycles. The van der Waals surface area contributed by atoms with Crippen LogP contribution < -0.4 is 5.32 Å². The number of hydrogen-bond donors (Lipinski definition) is 1. The Morgan fingerprint density at radius 2 is 2.00 bits per heavy atom. The van der Waals surface area contributed by atoms with Gasteiger partial charge in [0.25, 0.3) is 0 Å². The number of rotatable bonds is 3. The number of allylic oxidation sites excluding steroid dienone is 1. The highest BCUT2D eigenvalue weighted by Crippen LogP contribution is 2.16. The molecule has 0 heterocycles. The van der Waals surface area contributed by atoms with Gasteiger partial charge < -0.3 is 5.32 Å². The Bertz CT molecular complexity index is 413. The number of anilines is 1. The van der Waals surface area contributed by atoms with Gasteiger partial charge in [-0.25, -0.2) is 0 Å². The molecule has 0 fully saturated rings. The van der Waals surface area contributed by atoms with Crippen LogP contribution in [0.1, 0.15) is 12.5 Å². The zero-order chi connectivity index (χ0) is 11.3. The van der Waals surface area contributed by atoms with Gasteiger partial charge in [-0.2, -0.15) is 0 Å². The average Bonchev–Trinajstić information content (AvgIpc) is 2.15. The van der Waals surface area contributed by atoms with E-state index < -0.39 is 5.24 Å². The number of carbonyl (C=O) groups is 2. The Morgan fingerprint density at radius 3 is 2.60 bits per heavy atom. The fourth-order valence-corrected chi connectivity index (χ4v) is 1.16. The number of nitrogens with one attached hydrogen (secondary N) is 1. The van der Waals surface area contributed by atoms with E-state index >= 15 is 0 Å². The standard InChI is InChI=1S/C11H10ClNO2/c1-8(14)13-10-5-3-2-4-9(10)6-7-11(12)15/h2-7H,1H3,(H,13,14). The number of hydrogen-bond acceptors (Lipinski definition) is 2. The number of para-hydroxylation sites is 1. The van der Waals surface area contributed by atoms with Crippen LogP contribution in [0.25, 0.3) is 6.08 Å². The Morgan fingerprint density at radius 1 is 1.33 bits per heavy atom. The fraction of sp³-hybridized carbons (Fsp3) is 0.0909. The number of carbonyl (C=O) groups excluding carboxylic acids is 2. The fourth-order valence-electron chi connectivity index (χ4n) is 1.10. The van der Waals surface area contributed by atoms with Gasteiger partial charge in [0.2, 0.25) is 11.1 Å². The highest BCUT2D eigenvalue weighted by atomic mass is 35.5. The van der Waals surface area contributed by atoms with E-state index in [4.69, 9.17) is 11.6 Å². The first-order valence-electron chi connectivity index (χ1n) is 4.34. The lowest BCUT2D eigenvalue weighted by Gasteiger charge is -2.05. The normalized spacial score (nSPS) is 10.3. The quantitative estimate of drug-likeness (QED) is 0.632. The minimum atomic E-state index is -0.548. The van der Waals surface area contributed by atoms with Crippen molar-refractivity contribution >= 4 is 34.5 Å². The van der Waals surface area contributed by atoms with Gasteiger partial charge in [0, 0.05) is 12.6 Å². The van der Waals surface area contributed by atoms with Crippen LogP contribution in [0, 0.1) is 0 Å². The van der Waals surface area contributed by atoms with E-state index in [1.165, 1.54) is 13.0 Å². The van der Waals surface area contributed by atoms with Gasteiger partial charge in [-0.15, -0.1) is 0 Å². The van der Waals surface area contributed by atoms with Crippen LogP contribution in [-0.4, -0.2) is 11.1 Å². The van der Waals surface area contributed by atoms with E-state index in [0.717, 1.165) is 5.56 Å². The molecule has 3 nitrogen and oxygen atoms in total. The number of halogens is 1. The van der Waals surface area contributed by atoms with E-state index in [9.17, 15) is 9.59 Å². The molecule has 0 aliphatic carbocycles. The summed E-state index contributed by atoms with van der Waals surface area (Å²) < 4.78 is 0. The molecule has 0 spiro atoms. The third-order valence-corrected chi connectivity index (χ3v) is 1.79. The van der Waals surface area contributed by atoms with Crippen LogP contribution in [0.5, 0.6) is 0 Å². The summed E-state index contributed by atoms with van der Waals surface area (Å²) in [6.45, 7) is 1.42. The summed E-state index contributed by atoms with van der Waals surface area (Å²) in [5.41, 5.74) is 1.39. The first-order chi connectivity index (χ1) is 7.09. The first kappa shape index (κ1) is 11.5. The number of benzene rings is 1. The van der Waals surface area contributed by atoms with Crippen LogP contribution in [0.4, 0.5) is 5.69 Å². The molecule has 0 saturated heterocycles. The van der Waals surface area contributed by atoms with Gasteiger partial charge >= 0.3 is 0 Å². The Kier molecular flexibility index (Phi) is 4.06. The third kappa shape index (κ3) is 3.95. The molecule has 4 heteroatoms. The van der Waals surface area contributed by atoms with Crippen LogP contribution >= 0.6 is 11.6 Å². The molecular weight excluding hydrogens is 214 g/mol. The van der Waals surface area contributed by atoms with Gasteiger partial charge in [0.1, 0.15) is 0 Å². The Hall–Kier alpha value is -1.61. The molecule has 0 bridgehead atoms. The lowest BCUT2D eigenvalue weighted by atomic mass is 10.1. The number of amides is 1. The van der Waals surface area contributed by atoms with Crippen molar-refractivity contribution in [3.63, 3.8) is 0 Å². The molecule has 1 N–H and O–H groups in total. The second kappa shape index (κ2) is 5.32.